The molecule has 3 heterocycles. The van der Waals surface area contributed by atoms with Crippen LogP contribution in [-0.4, -0.2) is 27.7 Å². The van der Waals surface area contributed by atoms with Crippen molar-refractivity contribution in [3.05, 3.63) is 81.8 Å². The first-order chi connectivity index (χ1) is 15.7. The minimum atomic E-state index is -5.08. The predicted molar refractivity (Wildman–Crippen MR) is 115 cm³/mol. The zero-order valence-corrected chi connectivity index (χ0v) is 17.3. The largest absolute Gasteiger partial charge is 0.438 e. The lowest BCUT2D eigenvalue weighted by molar-refractivity contribution is -0.254. The van der Waals surface area contributed by atoms with Crippen LogP contribution in [0.3, 0.4) is 0 Å². The average Bonchev–Trinajstić information content (AvgIpc) is 3.39. The number of anilines is 1. The van der Waals surface area contributed by atoms with E-state index in [1.54, 1.807) is 24.3 Å². The van der Waals surface area contributed by atoms with Crippen LogP contribution in [0.5, 0.6) is 0 Å². The maximum atomic E-state index is 13.9. The fraction of sp³-hybridized carbons (Fsp3) is 0.136. The molecule has 1 atom stereocenters. The molecular weight excluding hydrogens is 462 g/mol. The van der Waals surface area contributed by atoms with Crippen molar-refractivity contribution in [2.45, 2.75) is 18.3 Å². The van der Waals surface area contributed by atoms with Gasteiger partial charge < -0.3 is 9.52 Å². The van der Waals surface area contributed by atoms with Crippen LogP contribution >= 0.6 is 11.3 Å². The lowest BCUT2D eigenvalue weighted by Gasteiger charge is -2.32. The molecule has 1 aliphatic heterocycles. The molecule has 0 radical (unpaired) electrons. The van der Waals surface area contributed by atoms with Gasteiger partial charge in [0.15, 0.2) is 0 Å². The Bertz CT molecular complexity index is 1450. The topological polar surface area (TPSA) is 78.9 Å². The van der Waals surface area contributed by atoms with E-state index in [0.717, 1.165) is 23.5 Å². The highest BCUT2D eigenvalue weighted by Crippen LogP contribution is 2.45. The molecule has 6 nitrogen and oxygen atoms in total. The summed E-state index contributed by atoms with van der Waals surface area (Å²) in [6.07, 6.45) is -5.96. The maximum absolute atomic E-state index is 13.9. The summed E-state index contributed by atoms with van der Waals surface area (Å²) < 4.78 is 60.2. The summed E-state index contributed by atoms with van der Waals surface area (Å²) in [5.74, 6) is -0.556. The van der Waals surface area contributed by atoms with Gasteiger partial charge in [-0.2, -0.15) is 23.3 Å². The smallest absolute Gasteiger partial charge is 0.422 e. The molecule has 0 amide bonds. The molecular formula is C22H13F4N3O3S. The molecule has 168 valence electrons. The minimum absolute atomic E-state index is 0.0636. The quantitative estimate of drug-likeness (QED) is 0.336. The van der Waals surface area contributed by atoms with Gasteiger partial charge in [0.25, 0.3) is 5.72 Å². The van der Waals surface area contributed by atoms with E-state index in [1.165, 1.54) is 23.6 Å². The summed E-state index contributed by atoms with van der Waals surface area (Å²) >= 11 is 0.781. The first kappa shape index (κ1) is 21.3. The van der Waals surface area contributed by atoms with Crippen LogP contribution in [0.2, 0.25) is 0 Å². The lowest BCUT2D eigenvalue weighted by atomic mass is 10.0. The van der Waals surface area contributed by atoms with Crippen LogP contribution in [0.4, 0.5) is 22.7 Å². The van der Waals surface area contributed by atoms with Crippen LogP contribution in [0, 0.1) is 5.82 Å². The predicted octanol–water partition coefficient (Wildman–Crippen LogP) is 4.92. The number of halogens is 4. The van der Waals surface area contributed by atoms with Gasteiger partial charge in [0.05, 0.1) is 23.4 Å². The highest BCUT2D eigenvalue weighted by atomic mass is 32.1. The number of hydrogen-bond acceptors (Lipinski definition) is 7. The average molecular weight is 475 g/mol. The molecule has 0 spiro atoms. The second-order valence-corrected chi connectivity index (χ2v) is 8.19. The molecule has 1 N–H and O–H groups in total. The van der Waals surface area contributed by atoms with Crippen molar-refractivity contribution in [2.75, 3.05) is 5.01 Å². The summed E-state index contributed by atoms with van der Waals surface area (Å²) in [6.45, 7) is 0. The molecule has 0 bridgehead atoms. The molecule has 2 aromatic carbocycles. The Morgan fingerprint density at radius 2 is 1.85 bits per heavy atom. The Morgan fingerprint density at radius 1 is 1.12 bits per heavy atom. The molecule has 0 fully saturated rings. The summed E-state index contributed by atoms with van der Waals surface area (Å²) in [5.41, 5.74) is -3.40. The fourth-order valence-electron chi connectivity index (χ4n) is 3.50. The zero-order chi connectivity index (χ0) is 23.4. The molecule has 11 heteroatoms. The summed E-state index contributed by atoms with van der Waals surface area (Å²) in [4.78, 5) is 16.6. The standard InChI is InChI=1S/C22H13F4N3O3S/c23-14-7-5-12(6-8-14)16-10-21(31,22(24,25)26)29(28-16)20-27-17(11-33-20)15-9-13-3-1-2-4-18(13)32-19(15)30/h1-9,11,31H,10H2/t21-/m1/s1. The van der Waals surface area contributed by atoms with E-state index >= 15 is 0 Å². The number of benzene rings is 2. The van der Waals surface area contributed by atoms with Crippen LogP contribution < -0.4 is 10.6 Å². The van der Waals surface area contributed by atoms with Crippen molar-refractivity contribution in [1.82, 2.24) is 4.98 Å². The second-order valence-electron chi connectivity index (χ2n) is 7.36. The number of fused-ring (bicyclic) bond motifs is 1. The van der Waals surface area contributed by atoms with Gasteiger partial charge in [-0.25, -0.2) is 14.2 Å². The maximum Gasteiger partial charge on any atom is 0.438 e. The van der Waals surface area contributed by atoms with Gasteiger partial charge in [0.2, 0.25) is 5.13 Å². The SMILES string of the molecule is O=c1oc2ccccc2cc1-c1csc(N2N=C(c3ccc(F)cc3)C[C@@]2(O)C(F)(F)F)n1. The number of rotatable bonds is 3. The molecule has 0 aliphatic carbocycles. The van der Waals surface area contributed by atoms with E-state index in [-0.39, 0.29) is 27.7 Å². The normalized spacial score (nSPS) is 18.7. The molecule has 5 rings (SSSR count). The van der Waals surface area contributed by atoms with Gasteiger partial charge in [0, 0.05) is 10.8 Å². The number of thiazole rings is 1. The van der Waals surface area contributed by atoms with E-state index < -0.39 is 29.8 Å². The summed E-state index contributed by atoms with van der Waals surface area (Å²) in [6, 6.07) is 13.1. The second kappa shape index (κ2) is 7.49. The Hall–Kier alpha value is -3.57. The Balaban J connectivity index is 1.58. The fourth-order valence-corrected chi connectivity index (χ4v) is 4.34. The number of nitrogens with zero attached hydrogens (tertiary/aromatic N) is 3. The van der Waals surface area contributed by atoms with Crippen molar-refractivity contribution >= 4 is 33.1 Å². The molecule has 4 aromatic rings. The van der Waals surface area contributed by atoms with Crippen LogP contribution in [0.1, 0.15) is 12.0 Å². The molecule has 0 unspecified atom stereocenters. The zero-order valence-electron chi connectivity index (χ0n) is 16.5. The number of hydrogen-bond donors (Lipinski definition) is 1. The van der Waals surface area contributed by atoms with Crippen LogP contribution in [0.25, 0.3) is 22.2 Å². The van der Waals surface area contributed by atoms with Crippen LogP contribution in [-0.2, 0) is 0 Å². The van der Waals surface area contributed by atoms with E-state index in [0.29, 0.717) is 16.0 Å². The first-order valence-corrected chi connectivity index (χ1v) is 10.5. The third-order valence-electron chi connectivity index (χ3n) is 5.21. The van der Waals surface area contributed by atoms with E-state index in [9.17, 15) is 27.5 Å². The number of hydrazone groups is 1. The third-order valence-corrected chi connectivity index (χ3v) is 6.02. The van der Waals surface area contributed by atoms with Crippen molar-refractivity contribution in [3.8, 4) is 11.3 Å². The van der Waals surface area contributed by atoms with Gasteiger partial charge in [-0.05, 0) is 29.8 Å². The number of aromatic nitrogens is 1. The number of aliphatic hydroxyl groups is 1. The van der Waals surface area contributed by atoms with Crippen molar-refractivity contribution in [3.63, 3.8) is 0 Å². The Labute approximate surface area is 187 Å². The highest BCUT2D eigenvalue weighted by Gasteiger charge is 2.62. The van der Waals surface area contributed by atoms with Gasteiger partial charge >= 0.3 is 11.8 Å². The molecule has 33 heavy (non-hydrogen) atoms. The molecule has 0 saturated heterocycles. The third kappa shape index (κ3) is 3.58. The Morgan fingerprint density at radius 3 is 2.58 bits per heavy atom. The van der Waals surface area contributed by atoms with Gasteiger partial charge in [-0.3, -0.25) is 0 Å². The highest BCUT2D eigenvalue weighted by molar-refractivity contribution is 7.14. The monoisotopic (exact) mass is 475 g/mol. The lowest BCUT2D eigenvalue weighted by Crippen LogP contribution is -2.55. The van der Waals surface area contributed by atoms with Gasteiger partial charge in [-0.1, -0.05) is 30.3 Å². The van der Waals surface area contributed by atoms with Gasteiger partial charge in [-0.15, -0.1) is 11.3 Å². The summed E-state index contributed by atoms with van der Waals surface area (Å²) in [7, 11) is 0. The molecule has 2 aromatic heterocycles. The molecule has 1 aliphatic rings. The minimum Gasteiger partial charge on any atom is -0.422 e. The van der Waals surface area contributed by atoms with E-state index in [4.69, 9.17) is 4.42 Å². The Kier molecular flexibility index (Phi) is 4.83. The van der Waals surface area contributed by atoms with E-state index in [2.05, 4.69) is 10.1 Å². The summed E-state index contributed by atoms with van der Waals surface area (Å²) in [5, 5.41) is 16.7. The number of para-hydroxylation sites is 1. The van der Waals surface area contributed by atoms with E-state index in [1.807, 2.05) is 0 Å². The van der Waals surface area contributed by atoms with Gasteiger partial charge in [0.1, 0.15) is 11.4 Å². The molecule has 0 saturated carbocycles. The van der Waals surface area contributed by atoms with Crippen molar-refractivity contribution < 1.29 is 27.1 Å². The van der Waals surface area contributed by atoms with Crippen LogP contribution in [0.15, 0.2) is 74.3 Å². The first-order valence-electron chi connectivity index (χ1n) is 9.57. The number of alkyl halides is 3. The van der Waals surface area contributed by atoms with Crippen molar-refractivity contribution in [2.24, 2.45) is 5.10 Å². The van der Waals surface area contributed by atoms with Crippen molar-refractivity contribution in [1.29, 1.82) is 0 Å².